The Morgan fingerprint density at radius 2 is 1.83 bits per heavy atom. The van der Waals surface area contributed by atoms with Crippen molar-refractivity contribution >= 4 is 21.5 Å². The molecule has 24 heavy (non-hydrogen) atoms. The fraction of sp³-hybridized carbons (Fsp3) is 0.294. The first kappa shape index (κ1) is 16.4. The molecule has 0 radical (unpaired) electrons. The van der Waals surface area contributed by atoms with Gasteiger partial charge >= 0.3 is 0 Å². The fourth-order valence-electron chi connectivity index (χ4n) is 2.63. The average molecular weight is 342 g/mol. The molecule has 0 saturated carbocycles. The molecule has 1 N–H and O–H groups in total. The highest BCUT2D eigenvalue weighted by atomic mass is 32.2. The van der Waals surface area contributed by atoms with Crippen LogP contribution >= 0.6 is 0 Å². The van der Waals surface area contributed by atoms with Gasteiger partial charge in [-0.05, 0) is 42.7 Å². The molecule has 2 aromatic rings. The van der Waals surface area contributed by atoms with Gasteiger partial charge in [0.2, 0.25) is 10.0 Å². The smallest absolute Gasteiger partial charge is 0.244 e. The monoisotopic (exact) mass is 342 g/mol. The van der Waals surface area contributed by atoms with Crippen LogP contribution in [0, 0.1) is 11.3 Å². The standard InChI is InChI=1S/C17H18N4O2S/c18-10-9-14-3-5-15(6-4-14)20-17-8-7-16(13-19-17)24(22,23)21-11-1-2-12-21/h3-8,13H,1-2,9,11-12H2,(H,19,20). The Morgan fingerprint density at radius 3 is 2.42 bits per heavy atom. The molecule has 124 valence electrons. The lowest BCUT2D eigenvalue weighted by Crippen LogP contribution is -2.27. The number of nitriles is 1. The molecule has 1 aromatic heterocycles. The Balaban J connectivity index is 1.71. The molecule has 0 atom stereocenters. The normalized spacial score (nSPS) is 15.1. The van der Waals surface area contributed by atoms with Gasteiger partial charge in [-0.25, -0.2) is 13.4 Å². The second-order valence-electron chi connectivity index (χ2n) is 5.65. The molecule has 3 rings (SSSR count). The van der Waals surface area contributed by atoms with Gasteiger partial charge in [-0.3, -0.25) is 0 Å². The minimum atomic E-state index is -3.43. The predicted molar refractivity (Wildman–Crippen MR) is 91.3 cm³/mol. The molecule has 0 bridgehead atoms. The molecule has 2 heterocycles. The Labute approximate surface area is 141 Å². The van der Waals surface area contributed by atoms with E-state index in [9.17, 15) is 8.42 Å². The summed E-state index contributed by atoms with van der Waals surface area (Å²) in [5.41, 5.74) is 1.78. The van der Waals surface area contributed by atoms with Crippen molar-refractivity contribution in [3.05, 3.63) is 48.2 Å². The molecule has 1 fully saturated rings. The third-order valence-electron chi connectivity index (χ3n) is 3.95. The number of nitrogens with one attached hydrogen (secondary N) is 1. The number of nitrogens with zero attached hydrogens (tertiary/aromatic N) is 3. The number of rotatable bonds is 5. The topological polar surface area (TPSA) is 86.1 Å². The first-order chi connectivity index (χ1) is 11.6. The molecule has 1 saturated heterocycles. The molecule has 1 aromatic carbocycles. The van der Waals surface area contributed by atoms with Crippen LogP contribution in [0.25, 0.3) is 0 Å². The van der Waals surface area contributed by atoms with Gasteiger partial charge in [0.1, 0.15) is 10.7 Å². The molecule has 0 spiro atoms. The van der Waals surface area contributed by atoms with Crippen molar-refractivity contribution in [2.75, 3.05) is 18.4 Å². The minimum Gasteiger partial charge on any atom is -0.340 e. The van der Waals surface area contributed by atoms with Gasteiger partial charge in [0.15, 0.2) is 0 Å². The van der Waals surface area contributed by atoms with Gasteiger partial charge in [-0.2, -0.15) is 9.57 Å². The molecule has 7 heteroatoms. The van der Waals surface area contributed by atoms with Gasteiger partial charge in [0.05, 0.1) is 12.5 Å². The zero-order chi connectivity index (χ0) is 17.0. The van der Waals surface area contributed by atoms with E-state index in [0.29, 0.717) is 25.3 Å². The maximum Gasteiger partial charge on any atom is 0.244 e. The number of sulfonamides is 1. The molecule has 0 aliphatic carbocycles. The maximum absolute atomic E-state index is 12.4. The highest BCUT2D eigenvalue weighted by Crippen LogP contribution is 2.22. The van der Waals surface area contributed by atoms with Crippen molar-refractivity contribution in [1.29, 1.82) is 5.26 Å². The quantitative estimate of drug-likeness (QED) is 0.903. The van der Waals surface area contributed by atoms with Crippen molar-refractivity contribution < 1.29 is 8.42 Å². The Morgan fingerprint density at radius 1 is 1.12 bits per heavy atom. The van der Waals surface area contributed by atoms with E-state index in [1.54, 1.807) is 12.1 Å². The number of anilines is 2. The van der Waals surface area contributed by atoms with E-state index in [4.69, 9.17) is 5.26 Å². The summed E-state index contributed by atoms with van der Waals surface area (Å²) in [6.07, 6.45) is 3.59. The van der Waals surface area contributed by atoms with Crippen LogP contribution in [0.5, 0.6) is 0 Å². The summed E-state index contributed by atoms with van der Waals surface area (Å²) in [4.78, 5) is 4.42. The van der Waals surface area contributed by atoms with Crippen LogP contribution in [0.4, 0.5) is 11.5 Å². The van der Waals surface area contributed by atoms with Crippen LogP contribution in [-0.4, -0.2) is 30.8 Å². The van der Waals surface area contributed by atoms with Gasteiger partial charge < -0.3 is 5.32 Å². The van der Waals surface area contributed by atoms with E-state index in [2.05, 4.69) is 16.4 Å². The molecular formula is C17H18N4O2S. The van der Waals surface area contributed by atoms with Crippen LogP contribution < -0.4 is 5.32 Å². The van der Waals surface area contributed by atoms with Gasteiger partial charge in [0, 0.05) is 25.0 Å². The van der Waals surface area contributed by atoms with Crippen molar-refractivity contribution in [2.24, 2.45) is 0 Å². The molecule has 6 nitrogen and oxygen atoms in total. The van der Waals surface area contributed by atoms with Crippen molar-refractivity contribution in [2.45, 2.75) is 24.2 Å². The zero-order valence-corrected chi connectivity index (χ0v) is 14.0. The third-order valence-corrected chi connectivity index (χ3v) is 5.83. The first-order valence-electron chi connectivity index (χ1n) is 7.79. The van der Waals surface area contributed by atoms with E-state index in [0.717, 1.165) is 24.1 Å². The van der Waals surface area contributed by atoms with E-state index < -0.39 is 10.0 Å². The number of hydrogen-bond acceptors (Lipinski definition) is 5. The summed E-state index contributed by atoms with van der Waals surface area (Å²) in [6.45, 7) is 1.16. The van der Waals surface area contributed by atoms with Gasteiger partial charge in [-0.1, -0.05) is 12.1 Å². The maximum atomic E-state index is 12.4. The summed E-state index contributed by atoms with van der Waals surface area (Å²) in [5.74, 6) is 0.573. The lowest BCUT2D eigenvalue weighted by Gasteiger charge is -2.15. The lowest BCUT2D eigenvalue weighted by molar-refractivity contribution is 0.477. The highest BCUT2D eigenvalue weighted by Gasteiger charge is 2.27. The van der Waals surface area contributed by atoms with Crippen molar-refractivity contribution in [3.63, 3.8) is 0 Å². The predicted octanol–water partition coefficient (Wildman–Crippen LogP) is 2.68. The van der Waals surface area contributed by atoms with Crippen molar-refractivity contribution in [1.82, 2.24) is 9.29 Å². The summed E-state index contributed by atoms with van der Waals surface area (Å²) in [7, 11) is -3.43. The summed E-state index contributed by atoms with van der Waals surface area (Å²) in [6, 6.07) is 12.8. The second kappa shape index (κ2) is 6.99. The molecule has 0 unspecified atom stereocenters. The Hall–Kier alpha value is -2.43. The number of aromatic nitrogens is 1. The summed E-state index contributed by atoms with van der Waals surface area (Å²) < 4.78 is 26.4. The van der Waals surface area contributed by atoms with E-state index >= 15 is 0 Å². The van der Waals surface area contributed by atoms with E-state index in [1.807, 2.05) is 24.3 Å². The zero-order valence-electron chi connectivity index (χ0n) is 13.1. The molecular weight excluding hydrogens is 324 g/mol. The number of hydrogen-bond donors (Lipinski definition) is 1. The van der Waals surface area contributed by atoms with Crippen molar-refractivity contribution in [3.8, 4) is 6.07 Å². The van der Waals surface area contributed by atoms with Gasteiger partial charge in [-0.15, -0.1) is 0 Å². The van der Waals surface area contributed by atoms with Crippen LogP contribution in [0.15, 0.2) is 47.5 Å². The fourth-order valence-corrected chi connectivity index (χ4v) is 4.09. The average Bonchev–Trinajstić information content (AvgIpc) is 3.13. The van der Waals surface area contributed by atoms with E-state index in [1.165, 1.54) is 10.5 Å². The molecule has 0 amide bonds. The number of benzene rings is 1. The highest BCUT2D eigenvalue weighted by molar-refractivity contribution is 7.89. The third kappa shape index (κ3) is 3.55. The summed E-state index contributed by atoms with van der Waals surface area (Å²) in [5, 5.41) is 11.8. The van der Waals surface area contributed by atoms with Gasteiger partial charge in [0.25, 0.3) is 0 Å². The Bertz CT molecular complexity index is 834. The van der Waals surface area contributed by atoms with Crippen LogP contribution in [0.3, 0.4) is 0 Å². The minimum absolute atomic E-state index is 0.222. The molecule has 1 aliphatic heterocycles. The Kier molecular flexibility index (Phi) is 4.79. The largest absolute Gasteiger partial charge is 0.340 e. The van der Waals surface area contributed by atoms with Crippen LogP contribution in [-0.2, 0) is 16.4 Å². The van der Waals surface area contributed by atoms with Crippen LogP contribution in [0.2, 0.25) is 0 Å². The van der Waals surface area contributed by atoms with Crippen LogP contribution in [0.1, 0.15) is 18.4 Å². The summed E-state index contributed by atoms with van der Waals surface area (Å²) >= 11 is 0. The second-order valence-corrected chi connectivity index (χ2v) is 7.59. The van der Waals surface area contributed by atoms with E-state index in [-0.39, 0.29) is 4.90 Å². The number of pyridine rings is 1. The SMILES string of the molecule is N#CCc1ccc(Nc2ccc(S(=O)(=O)N3CCCC3)cn2)cc1. The lowest BCUT2D eigenvalue weighted by atomic mass is 10.1. The first-order valence-corrected chi connectivity index (χ1v) is 9.23. The molecule has 1 aliphatic rings.